The van der Waals surface area contributed by atoms with Gasteiger partial charge in [-0.3, -0.25) is 4.72 Å². The summed E-state index contributed by atoms with van der Waals surface area (Å²) in [5.41, 5.74) is 2.57. The van der Waals surface area contributed by atoms with Crippen molar-refractivity contribution in [3.63, 3.8) is 0 Å². The van der Waals surface area contributed by atoms with Crippen LogP contribution in [0.5, 0.6) is 0 Å². The Morgan fingerprint density at radius 2 is 2.00 bits per heavy atom. The zero-order chi connectivity index (χ0) is 15.0. The molecule has 0 aliphatic carbocycles. The molecule has 0 spiro atoms. The summed E-state index contributed by atoms with van der Waals surface area (Å²) in [6, 6.07) is 10.2. The molecule has 0 aromatic heterocycles. The monoisotopic (exact) mass is 434 g/mol. The molecule has 2 aromatic rings. The zero-order valence-corrected chi connectivity index (χ0v) is 14.6. The molecule has 1 heterocycles. The summed E-state index contributed by atoms with van der Waals surface area (Å²) in [7, 11) is -3.60. The summed E-state index contributed by atoms with van der Waals surface area (Å²) >= 11 is 7.93. The fourth-order valence-corrected chi connectivity index (χ4v) is 4.54. The second-order valence-electron chi connectivity index (χ2n) is 4.73. The highest BCUT2D eigenvalue weighted by atomic mass is 127. The SMILES string of the molecule is O=S(=O)(Nc1ccc(Cl)cc1I)c1ccc2c(c1)CCN2. The molecule has 1 aliphatic heterocycles. The van der Waals surface area contributed by atoms with E-state index in [1.165, 1.54) is 0 Å². The maximum absolute atomic E-state index is 12.5. The van der Waals surface area contributed by atoms with Crippen LogP contribution < -0.4 is 10.0 Å². The Morgan fingerprint density at radius 3 is 2.76 bits per heavy atom. The van der Waals surface area contributed by atoms with Gasteiger partial charge in [-0.05, 0) is 71.0 Å². The highest BCUT2D eigenvalue weighted by Gasteiger charge is 2.19. The molecule has 0 saturated heterocycles. The van der Waals surface area contributed by atoms with E-state index >= 15 is 0 Å². The molecule has 0 saturated carbocycles. The molecule has 0 bridgehead atoms. The number of hydrogen-bond acceptors (Lipinski definition) is 3. The average Bonchev–Trinajstić information content (AvgIpc) is 2.89. The summed E-state index contributed by atoms with van der Waals surface area (Å²) in [4.78, 5) is 0.274. The summed E-state index contributed by atoms with van der Waals surface area (Å²) in [6.45, 7) is 0.849. The Bertz CT molecular complexity index is 809. The highest BCUT2D eigenvalue weighted by Crippen LogP contribution is 2.28. The first-order valence-corrected chi connectivity index (χ1v) is 9.24. The lowest BCUT2D eigenvalue weighted by molar-refractivity contribution is 0.601. The maximum Gasteiger partial charge on any atom is 0.261 e. The van der Waals surface area contributed by atoms with Crippen molar-refractivity contribution in [2.75, 3.05) is 16.6 Å². The van der Waals surface area contributed by atoms with E-state index in [2.05, 4.69) is 32.6 Å². The van der Waals surface area contributed by atoms with Gasteiger partial charge in [-0.1, -0.05) is 11.6 Å². The van der Waals surface area contributed by atoms with E-state index in [-0.39, 0.29) is 4.90 Å². The van der Waals surface area contributed by atoms with Crippen LogP contribution in [-0.4, -0.2) is 15.0 Å². The van der Waals surface area contributed by atoms with Crippen LogP contribution in [0.2, 0.25) is 5.02 Å². The molecule has 2 N–H and O–H groups in total. The minimum atomic E-state index is -3.60. The molecule has 0 atom stereocenters. The molecular weight excluding hydrogens is 423 g/mol. The third kappa shape index (κ3) is 3.12. The van der Waals surface area contributed by atoms with E-state index in [1.54, 1.807) is 30.3 Å². The number of benzene rings is 2. The highest BCUT2D eigenvalue weighted by molar-refractivity contribution is 14.1. The molecule has 0 radical (unpaired) electrons. The predicted octanol–water partition coefficient (Wildman–Crippen LogP) is 3.71. The van der Waals surface area contributed by atoms with Gasteiger partial charge in [0.25, 0.3) is 10.0 Å². The Hall–Kier alpha value is -0.990. The van der Waals surface area contributed by atoms with E-state index in [0.717, 1.165) is 27.8 Å². The lowest BCUT2D eigenvalue weighted by Gasteiger charge is -2.11. The van der Waals surface area contributed by atoms with Gasteiger partial charge in [0.05, 0.1) is 10.6 Å². The first kappa shape index (κ1) is 14.9. The number of anilines is 2. The fourth-order valence-electron chi connectivity index (χ4n) is 2.22. The van der Waals surface area contributed by atoms with Gasteiger partial charge in [0.2, 0.25) is 0 Å². The first-order chi connectivity index (χ1) is 9.95. The fraction of sp³-hybridized carbons (Fsp3) is 0.143. The minimum absolute atomic E-state index is 0.274. The van der Waals surface area contributed by atoms with Crippen molar-refractivity contribution < 1.29 is 8.42 Å². The summed E-state index contributed by atoms with van der Waals surface area (Å²) < 4.78 is 28.3. The minimum Gasteiger partial charge on any atom is -0.384 e. The molecule has 2 aromatic carbocycles. The molecule has 3 rings (SSSR count). The topological polar surface area (TPSA) is 58.2 Å². The normalized spacial score (nSPS) is 13.6. The van der Waals surface area contributed by atoms with Crippen molar-refractivity contribution in [1.29, 1.82) is 0 Å². The molecule has 1 aliphatic rings. The van der Waals surface area contributed by atoms with Crippen molar-refractivity contribution in [2.24, 2.45) is 0 Å². The number of nitrogens with one attached hydrogen (secondary N) is 2. The third-order valence-electron chi connectivity index (χ3n) is 3.27. The summed E-state index contributed by atoms with van der Waals surface area (Å²) in [5, 5.41) is 3.79. The lowest BCUT2D eigenvalue weighted by Crippen LogP contribution is -2.14. The van der Waals surface area contributed by atoms with Crippen LogP contribution in [0.25, 0.3) is 0 Å². The van der Waals surface area contributed by atoms with E-state index in [1.807, 2.05) is 6.07 Å². The lowest BCUT2D eigenvalue weighted by atomic mass is 10.2. The molecule has 4 nitrogen and oxygen atoms in total. The van der Waals surface area contributed by atoms with Crippen molar-refractivity contribution >= 4 is 55.6 Å². The quantitative estimate of drug-likeness (QED) is 0.724. The number of hydrogen-bond donors (Lipinski definition) is 2. The van der Waals surface area contributed by atoms with Gasteiger partial charge in [-0.15, -0.1) is 0 Å². The second-order valence-corrected chi connectivity index (χ2v) is 8.01. The number of halogens is 2. The largest absolute Gasteiger partial charge is 0.384 e. The standard InChI is InChI=1S/C14H12ClIN2O2S/c15-10-1-3-14(12(16)8-10)18-21(19,20)11-2-4-13-9(7-11)5-6-17-13/h1-4,7-8,17-18H,5-6H2. The van der Waals surface area contributed by atoms with Crippen LogP contribution in [-0.2, 0) is 16.4 Å². The maximum atomic E-state index is 12.5. The zero-order valence-electron chi connectivity index (χ0n) is 10.9. The van der Waals surface area contributed by atoms with Crippen LogP contribution in [0.1, 0.15) is 5.56 Å². The average molecular weight is 435 g/mol. The molecule has 0 unspecified atom stereocenters. The van der Waals surface area contributed by atoms with Crippen molar-refractivity contribution in [3.8, 4) is 0 Å². The smallest absolute Gasteiger partial charge is 0.261 e. The summed E-state index contributed by atoms with van der Waals surface area (Å²) in [5.74, 6) is 0. The Kier molecular flexibility index (Phi) is 4.02. The molecular formula is C14H12ClIN2O2S. The van der Waals surface area contributed by atoms with Crippen molar-refractivity contribution in [2.45, 2.75) is 11.3 Å². The first-order valence-electron chi connectivity index (χ1n) is 6.30. The van der Waals surface area contributed by atoms with Crippen LogP contribution in [0.3, 0.4) is 0 Å². The second kappa shape index (κ2) is 5.66. The Labute approximate surface area is 142 Å². The van der Waals surface area contributed by atoms with E-state index in [0.29, 0.717) is 10.7 Å². The van der Waals surface area contributed by atoms with Gasteiger partial charge in [-0.25, -0.2) is 8.42 Å². The van der Waals surface area contributed by atoms with E-state index in [4.69, 9.17) is 11.6 Å². The van der Waals surface area contributed by atoms with Gasteiger partial charge < -0.3 is 5.32 Å². The van der Waals surface area contributed by atoms with Gasteiger partial charge in [0.1, 0.15) is 0 Å². The summed E-state index contributed by atoms with van der Waals surface area (Å²) in [6.07, 6.45) is 0.844. The molecule has 21 heavy (non-hydrogen) atoms. The molecule has 110 valence electrons. The van der Waals surface area contributed by atoms with Crippen LogP contribution in [0.4, 0.5) is 11.4 Å². The Morgan fingerprint density at radius 1 is 1.19 bits per heavy atom. The van der Waals surface area contributed by atoms with Gasteiger partial charge in [0, 0.05) is 20.8 Å². The molecule has 7 heteroatoms. The van der Waals surface area contributed by atoms with Crippen molar-refractivity contribution in [3.05, 3.63) is 50.6 Å². The van der Waals surface area contributed by atoms with Gasteiger partial charge >= 0.3 is 0 Å². The van der Waals surface area contributed by atoms with Crippen molar-refractivity contribution in [1.82, 2.24) is 0 Å². The van der Waals surface area contributed by atoms with Gasteiger partial charge in [0.15, 0.2) is 0 Å². The number of rotatable bonds is 3. The third-order valence-corrected chi connectivity index (χ3v) is 5.76. The molecule has 0 fully saturated rings. The molecule has 0 amide bonds. The number of sulfonamides is 1. The van der Waals surface area contributed by atoms with Gasteiger partial charge in [-0.2, -0.15) is 0 Å². The van der Waals surface area contributed by atoms with E-state index in [9.17, 15) is 8.42 Å². The number of fused-ring (bicyclic) bond motifs is 1. The van der Waals surface area contributed by atoms with Crippen LogP contribution >= 0.6 is 34.2 Å². The van der Waals surface area contributed by atoms with Crippen LogP contribution in [0.15, 0.2) is 41.3 Å². The predicted molar refractivity (Wildman–Crippen MR) is 93.6 cm³/mol. The Balaban J connectivity index is 1.93. The van der Waals surface area contributed by atoms with E-state index < -0.39 is 10.0 Å². The van der Waals surface area contributed by atoms with Crippen LogP contribution in [0, 0.1) is 3.57 Å².